The maximum Gasteiger partial charge on any atom is 0.209 e. The molecule has 0 amide bonds. The Bertz CT molecular complexity index is 403. The summed E-state index contributed by atoms with van der Waals surface area (Å²) in [5, 5.41) is 0. The van der Waals surface area contributed by atoms with Crippen molar-refractivity contribution in [1.82, 2.24) is 0 Å². The Morgan fingerprint density at radius 3 is 2.31 bits per heavy atom. The van der Waals surface area contributed by atoms with Crippen LogP contribution in [0.3, 0.4) is 0 Å². The number of hydrogen-bond acceptors (Lipinski definition) is 4. The van der Waals surface area contributed by atoms with Crippen LogP contribution >= 0.6 is 0 Å². The summed E-state index contributed by atoms with van der Waals surface area (Å²) in [6, 6.07) is 0. The minimum absolute atomic E-state index is 0.0220. The molecule has 2 N–H and O–H groups in total. The number of hydrogen-bond donors (Lipinski definition) is 1. The zero-order chi connectivity index (χ0) is 10.2. The van der Waals surface area contributed by atoms with Gasteiger partial charge in [-0.3, -0.25) is 0 Å². The molecule has 0 saturated heterocycles. The minimum Gasteiger partial charge on any atom is -0.447 e. The second kappa shape index (κ2) is 3.06. The molecule has 0 spiro atoms. The molecule has 0 bridgehead atoms. The van der Waals surface area contributed by atoms with Crippen LogP contribution < -0.4 is 5.73 Å². The fourth-order valence-corrected chi connectivity index (χ4v) is 2.30. The van der Waals surface area contributed by atoms with Crippen molar-refractivity contribution in [2.45, 2.75) is 24.7 Å². The molecule has 0 saturated carbocycles. The highest BCUT2D eigenvalue weighted by atomic mass is 32.2. The quantitative estimate of drug-likeness (QED) is 0.788. The Balaban J connectivity index is 3.42. The lowest BCUT2D eigenvalue weighted by Gasteiger charge is -2.03. The van der Waals surface area contributed by atoms with E-state index in [-0.39, 0.29) is 16.7 Å². The topological polar surface area (TPSA) is 73.3 Å². The van der Waals surface area contributed by atoms with Gasteiger partial charge < -0.3 is 10.2 Å². The lowest BCUT2D eigenvalue weighted by molar-refractivity contribution is 0.575. The maximum atomic E-state index is 11.3. The number of nitrogens with two attached hydrogens (primary N) is 1. The third-order valence-electron chi connectivity index (χ3n) is 1.79. The van der Waals surface area contributed by atoms with Gasteiger partial charge in [0, 0.05) is 11.8 Å². The van der Waals surface area contributed by atoms with Gasteiger partial charge in [0.15, 0.2) is 9.84 Å². The van der Waals surface area contributed by atoms with Crippen molar-refractivity contribution in [3.05, 3.63) is 11.8 Å². The third-order valence-corrected chi connectivity index (χ3v) is 2.97. The zero-order valence-electron chi connectivity index (χ0n) is 7.87. The molecule has 1 aromatic heterocycles. The molecule has 1 heterocycles. The normalized spacial score (nSPS) is 12.3. The smallest absolute Gasteiger partial charge is 0.209 e. The average Bonchev–Trinajstić information content (AvgIpc) is 2.28. The van der Waals surface area contributed by atoms with Gasteiger partial charge in [0.2, 0.25) is 5.88 Å². The fraction of sp³-hybridized carbons (Fsp3) is 0.500. The van der Waals surface area contributed by atoms with Crippen LogP contribution in [0, 0.1) is 0 Å². The minimum atomic E-state index is -3.28. The Morgan fingerprint density at radius 1 is 1.46 bits per heavy atom. The van der Waals surface area contributed by atoms with Gasteiger partial charge in [-0.25, -0.2) is 8.42 Å². The monoisotopic (exact) mass is 203 g/mol. The van der Waals surface area contributed by atoms with Gasteiger partial charge in [0.1, 0.15) is 4.90 Å². The summed E-state index contributed by atoms with van der Waals surface area (Å²) in [6.45, 7) is 3.78. The molecule has 74 valence electrons. The van der Waals surface area contributed by atoms with Crippen molar-refractivity contribution in [3.8, 4) is 0 Å². The molecule has 0 atom stereocenters. The van der Waals surface area contributed by atoms with Crippen molar-refractivity contribution in [1.29, 1.82) is 0 Å². The molecule has 13 heavy (non-hydrogen) atoms. The van der Waals surface area contributed by atoms with Crippen LogP contribution in [0.1, 0.15) is 25.3 Å². The molecule has 0 aliphatic rings. The van der Waals surface area contributed by atoms with Gasteiger partial charge in [0.25, 0.3) is 0 Å². The van der Waals surface area contributed by atoms with E-state index in [1.807, 2.05) is 13.8 Å². The first-order chi connectivity index (χ1) is 5.84. The van der Waals surface area contributed by atoms with Crippen LogP contribution in [0.4, 0.5) is 5.88 Å². The van der Waals surface area contributed by atoms with E-state index in [2.05, 4.69) is 0 Å². The molecule has 0 unspecified atom stereocenters. The summed E-state index contributed by atoms with van der Waals surface area (Å²) < 4.78 is 27.5. The molecule has 5 heteroatoms. The van der Waals surface area contributed by atoms with Crippen molar-refractivity contribution < 1.29 is 12.8 Å². The van der Waals surface area contributed by atoms with E-state index < -0.39 is 9.84 Å². The number of furan rings is 1. The lowest BCUT2D eigenvalue weighted by Crippen LogP contribution is -2.03. The Labute approximate surface area is 77.7 Å². The molecule has 1 aromatic rings. The lowest BCUT2D eigenvalue weighted by atomic mass is 10.1. The first-order valence-electron chi connectivity index (χ1n) is 3.91. The van der Waals surface area contributed by atoms with Gasteiger partial charge in [-0.1, -0.05) is 13.8 Å². The van der Waals surface area contributed by atoms with Crippen molar-refractivity contribution >= 4 is 15.7 Å². The van der Waals surface area contributed by atoms with E-state index in [0.29, 0.717) is 5.56 Å². The number of anilines is 1. The van der Waals surface area contributed by atoms with Crippen molar-refractivity contribution in [2.24, 2.45) is 0 Å². The van der Waals surface area contributed by atoms with E-state index in [1.165, 1.54) is 6.26 Å². The zero-order valence-corrected chi connectivity index (χ0v) is 8.68. The summed E-state index contributed by atoms with van der Waals surface area (Å²) in [5.74, 6) is 0.0666. The van der Waals surface area contributed by atoms with Gasteiger partial charge >= 0.3 is 0 Å². The first-order valence-corrected chi connectivity index (χ1v) is 5.80. The highest BCUT2D eigenvalue weighted by molar-refractivity contribution is 7.91. The van der Waals surface area contributed by atoms with Gasteiger partial charge in [-0.15, -0.1) is 0 Å². The van der Waals surface area contributed by atoms with E-state index in [1.54, 1.807) is 0 Å². The van der Waals surface area contributed by atoms with Crippen LogP contribution in [-0.4, -0.2) is 14.7 Å². The summed E-state index contributed by atoms with van der Waals surface area (Å²) in [6.07, 6.45) is 2.52. The SMILES string of the molecule is CC(C)c1coc(N)c1S(C)(=O)=O. The molecule has 0 aliphatic heterocycles. The van der Waals surface area contributed by atoms with Gasteiger partial charge in [0.05, 0.1) is 6.26 Å². The molecule has 0 fully saturated rings. The Morgan fingerprint density at radius 2 is 2.00 bits per heavy atom. The van der Waals surface area contributed by atoms with Gasteiger partial charge in [-0.2, -0.15) is 0 Å². The summed E-state index contributed by atoms with van der Waals surface area (Å²) in [7, 11) is -3.28. The van der Waals surface area contributed by atoms with Crippen LogP contribution in [0.15, 0.2) is 15.6 Å². The molecular weight excluding hydrogens is 190 g/mol. The number of nitrogen functional groups attached to an aromatic ring is 1. The number of rotatable bonds is 2. The standard InChI is InChI=1S/C8H13NO3S/c1-5(2)6-4-12-8(9)7(6)13(3,10)11/h4-5H,9H2,1-3H3. The van der Waals surface area contributed by atoms with Crippen LogP contribution in [0.5, 0.6) is 0 Å². The summed E-state index contributed by atoms with van der Waals surface area (Å²) in [4.78, 5) is 0.127. The molecule has 0 aromatic carbocycles. The summed E-state index contributed by atoms with van der Waals surface area (Å²) in [5.41, 5.74) is 6.06. The van der Waals surface area contributed by atoms with E-state index in [4.69, 9.17) is 10.2 Å². The summed E-state index contributed by atoms with van der Waals surface area (Å²) >= 11 is 0. The fourth-order valence-electron chi connectivity index (χ4n) is 1.17. The highest BCUT2D eigenvalue weighted by Crippen LogP contribution is 2.30. The van der Waals surface area contributed by atoms with Crippen molar-refractivity contribution in [2.75, 3.05) is 12.0 Å². The number of sulfone groups is 1. The first kappa shape index (κ1) is 10.1. The van der Waals surface area contributed by atoms with E-state index in [0.717, 1.165) is 6.26 Å². The van der Waals surface area contributed by atoms with Gasteiger partial charge in [-0.05, 0) is 5.92 Å². The molecule has 0 aliphatic carbocycles. The predicted octanol–water partition coefficient (Wildman–Crippen LogP) is 1.39. The largest absolute Gasteiger partial charge is 0.447 e. The Hall–Kier alpha value is -0.970. The van der Waals surface area contributed by atoms with E-state index >= 15 is 0 Å². The second-order valence-corrected chi connectivity index (χ2v) is 5.26. The average molecular weight is 203 g/mol. The molecule has 4 nitrogen and oxygen atoms in total. The maximum absolute atomic E-state index is 11.3. The van der Waals surface area contributed by atoms with Crippen LogP contribution in [0.25, 0.3) is 0 Å². The molecular formula is C8H13NO3S. The Kier molecular flexibility index (Phi) is 2.38. The van der Waals surface area contributed by atoms with E-state index in [9.17, 15) is 8.42 Å². The van der Waals surface area contributed by atoms with Crippen LogP contribution in [0.2, 0.25) is 0 Å². The highest BCUT2D eigenvalue weighted by Gasteiger charge is 2.22. The second-order valence-electron chi connectivity index (χ2n) is 3.31. The molecule has 0 radical (unpaired) electrons. The van der Waals surface area contributed by atoms with Crippen molar-refractivity contribution in [3.63, 3.8) is 0 Å². The third kappa shape index (κ3) is 1.85. The predicted molar refractivity (Wildman–Crippen MR) is 50.3 cm³/mol. The molecule has 1 rings (SSSR count). The van der Waals surface area contributed by atoms with Crippen LogP contribution in [-0.2, 0) is 9.84 Å².